The van der Waals surface area contributed by atoms with Gasteiger partial charge in [0.25, 0.3) is 5.91 Å². The van der Waals surface area contributed by atoms with Gasteiger partial charge in [0, 0.05) is 37.3 Å². The lowest BCUT2D eigenvalue weighted by molar-refractivity contribution is -0.386. The summed E-state index contributed by atoms with van der Waals surface area (Å²) in [5.41, 5.74) is 5.08. The average molecular weight is 399 g/mol. The highest BCUT2D eigenvalue weighted by Gasteiger charge is 2.31. The molecular weight excluding hydrogens is 376 g/mol. The summed E-state index contributed by atoms with van der Waals surface area (Å²) >= 11 is 5.78. The van der Waals surface area contributed by atoms with Crippen molar-refractivity contribution in [1.82, 2.24) is 10.2 Å². The highest BCUT2D eigenvalue weighted by Crippen LogP contribution is 2.31. The summed E-state index contributed by atoms with van der Waals surface area (Å²) in [5.74, 6) is -0.777. The maximum absolute atomic E-state index is 12.7. The Balaban J connectivity index is 2.02. The summed E-state index contributed by atoms with van der Waals surface area (Å²) in [6.45, 7) is 3.06. The lowest BCUT2D eigenvalue weighted by Crippen LogP contribution is -2.49. The van der Waals surface area contributed by atoms with Gasteiger partial charge in [0.15, 0.2) is 11.9 Å². The summed E-state index contributed by atoms with van der Waals surface area (Å²) in [7, 11) is 0. The molecule has 2 atom stereocenters. The van der Waals surface area contributed by atoms with E-state index in [0.29, 0.717) is 32.5 Å². The fourth-order valence-electron chi connectivity index (χ4n) is 2.96. The molecule has 27 heavy (non-hydrogen) atoms. The normalized spacial score (nSPS) is 17.9. The number of nitrogens with two attached hydrogens (primary N) is 1. The molecule has 0 aromatic heterocycles. The van der Waals surface area contributed by atoms with Gasteiger partial charge in [0.05, 0.1) is 10.8 Å². The van der Waals surface area contributed by atoms with Gasteiger partial charge in [0.2, 0.25) is 5.91 Å². The van der Waals surface area contributed by atoms with Gasteiger partial charge in [-0.25, -0.2) is 0 Å². The number of nitro benzene ring substituents is 1. The van der Waals surface area contributed by atoms with E-state index in [1.165, 1.54) is 25.1 Å². The van der Waals surface area contributed by atoms with Crippen molar-refractivity contribution in [3.05, 3.63) is 33.3 Å². The van der Waals surface area contributed by atoms with Crippen LogP contribution in [-0.4, -0.2) is 53.9 Å². The number of likely N-dealkylation sites (tertiary alicyclic amines) is 1. The van der Waals surface area contributed by atoms with Crippen molar-refractivity contribution in [2.45, 2.75) is 25.9 Å². The Morgan fingerprint density at radius 2 is 2.26 bits per heavy atom. The number of nitrogens with one attached hydrogen (secondary N) is 1. The third-order valence-corrected chi connectivity index (χ3v) is 4.55. The lowest BCUT2D eigenvalue weighted by atomic mass is 9.96. The van der Waals surface area contributed by atoms with Crippen molar-refractivity contribution in [3.8, 4) is 5.75 Å². The van der Waals surface area contributed by atoms with Crippen LogP contribution in [0.25, 0.3) is 0 Å². The smallest absolute Gasteiger partial charge is 0.312 e. The van der Waals surface area contributed by atoms with E-state index < -0.39 is 11.0 Å². The zero-order valence-electron chi connectivity index (χ0n) is 15.0. The molecule has 1 aliphatic rings. The second-order valence-electron chi connectivity index (χ2n) is 6.33. The first-order valence-electron chi connectivity index (χ1n) is 8.70. The average Bonchev–Trinajstić information content (AvgIpc) is 2.66. The summed E-state index contributed by atoms with van der Waals surface area (Å²) in [4.78, 5) is 36.9. The molecule has 0 spiro atoms. The van der Waals surface area contributed by atoms with E-state index in [2.05, 4.69) is 5.32 Å². The Morgan fingerprint density at radius 1 is 1.52 bits per heavy atom. The number of ether oxygens (including phenoxy) is 1. The summed E-state index contributed by atoms with van der Waals surface area (Å²) in [6, 6.07) is 4.00. The predicted octanol–water partition coefficient (Wildman–Crippen LogP) is 1.33. The Bertz CT molecular complexity index is 715. The van der Waals surface area contributed by atoms with Crippen LogP contribution >= 0.6 is 11.6 Å². The van der Waals surface area contributed by atoms with E-state index in [-0.39, 0.29) is 40.7 Å². The molecule has 0 bridgehead atoms. The Labute approximate surface area is 161 Å². The molecule has 0 aliphatic carbocycles. The van der Waals surface area contributed by atoms with Crippen molar-refractivity contribution in [2.75, 3.05) is 26.2 Å². The van der Waals surface area contributed by atoms with Gasteiger partial charge in [-0.3, -0.25) is 19.7 Å². The van der Waals surface area contributed by atoms with Crippen molar-refractivity contribution in [1.29, 1.82) is 0 Å². The lowest BCUT2D eigenvalue weighted by Gasteiger charge is -2.33. The van der Waals surface area contributed by atoms with Gasteiger partial charge >= 0.3 is 5.69 Å². The van der Waals surface area contributed by atoms with Crippen molar-refractivity contribution >= 4 is 29.1 Å². The van der Waals surface area contributed by atoms with Gasteiger partial charge in [-0.15, -0.1) is 0 Å². The van der Waals surface area contributed by atoms with Crippen LogP contribution < -0.4 is 15.8 Å². The molecule has 0 saturated carbocycles. The van der Waals surface area contributed by atoms with Crippen LogP contribution in [0.2, 0.25) is 5.02 Å². The van der Waals surface area contributed by atoms with Gasteiger partial charge in [-0.2, -0.15) is 0 Å². The second kappa shape index (κ2) is 9.52. The number of amides is 2. The minimum atomic E-state index is -0.935. The molecule has 1 aromatic carbocycles. The molecule has 1 aliphatic heterocycles. The molecule has 2 amide bonds. The molecule has 3 N–H and O–H groups in total. The number of halogens is 1. The van der Waals surface area contributed by atoms with E-state index >= 15 is 0 Å². The molecule has 1 saturated heterocycles. The molecule has 1 heterocycles. The SMILES string of the molecule is CC(Oc1ccc(Cl)cc1[N+](=O)[O-])C(=O)N1CCCC(C(=O)NCCN)C1. The highest BCUT2D eigenvalue weighted by atomic mass is 35.5. The molecule has 148 valence electrons. The van der Waals surface area contributed by atoms with Crippen LogP contribution in [-0.2, 0) is 9.59 Å². The third kappa shape index (κ3) is 5.54. The van der Waals surface area contributed by atoms with Gasteiger partial charge in [-0.1, -0.05) is 11.6 Å². The van der Waals surface area contributed by atoms with Crippen LogP contribution in [0.5, 0.6) is 5.75 Å². The summed E-state index contributed by atoms with van der Waals surface area (Å²) in [6.07, 6.45) is 0.453. The molecule has 9 nitrogen and oxygen atoms in total. The minimum Gasteiger partial charge on any atom is -0.474 e. The fraction of sp³-hybridized carbons (Fsp3) is 0.529. The first-order chi connectivity index (χ1) is 12.8. The molecule has 10 heteroatoms. The Kier molecular flexibility index (Phi) is 7.37. The standard InChI is InChI=1S/C17H23ClN4O5/c1-11(27-15-5-4-13(18)9-14(15)22(25)26)17(24)21-8-2-3-12(10-21)16(23)20-7-6-19/h4-5,9,11-12H,2-3,6-8,10,19H2,1H3,(H,20,23). The number of hydrogen-bond acceptors (Lipinski definition) is 6. The number of hydrogen-bond donors (Lipinski definition) is 2. The topological polar surface area (TPSA) is 128 Å². The van der Waals surface area contributed by atoms with Crippen LogP contribution in [0, 0.1) is 16.0 Å². The fourth-order valence-corrected chi connectivity index (χ4v) is 3.13. The molecule has 2 unspecified atom stereocenters. The number of rotatable bonds is 7. The van der Waals surface area contributed by atoms with Crippen LogP contribution in [0.3, 0.4) is 0 Å². The number of piperidine rings is 1. The molecule has 0 radical (unpaired) electrons. The maximum Gasteiger partial charge on any atom is 0.312 e. The number of nitro groups is 1. The quantitative estimate of drug-likeness (QED) is 0.526. The third-order valence-electron chi connectivity index (χ3n) is 4.32. The van der Waals surface area contributed by atoms with Gasteiger partial charge < -0.3 is 20.7 Å². The van der Waals surface area contributed by atoms with Crippen LogP contribution in [0.1, 0.15) is 19.8 Å². The second-order valence-corrected chi connectivity index (χ2v) is 6.77. The Morgan fingerprint density at radius 3 is 2.93 bits per heavy atom. The maximum atomic E-state index is 12.7. The Hall–Kier alpha value is -2.39. The van der Waals surface area contributed by atoms with E-state index in [4.69, 9.17) is 22.1 Å². The number of carbonyl (C=O) groups excluding carboxylic acids is 2. The van der Waals surface area contributed by atoms with E-state index in [1.54, 1.807) is 4.90 Å². The molecule has 1 fully saturated rings. The molecule has 2 rings (SSSR count). The highest BCUT2D eigenvalue weighted by molar-refractivity contribution is 6.30. The number of nitrogens with zero attached hydrogens (tertiary/aromatic N) is 2. The number of carbonyl (C=O) groups is 2. The van der Waals surface area contributed by atoms with Gasteiger partial charge in [0.1, 0.15) is 0 Å². The van der Waals surface area contributed by atoms with E-state index in [9.17, 15) is 19.7 Å². The first-order valence-corrected chi connectivity index (χ1v) is 9.08. The van der Waals surface area contributed by atoms with Gasteiger partial charge in [-0.05, 0) is 31.9 Å². The van der Waals surface area contributed by atoms with Crippen molar-refractivity contribution in [2.24, 2.45) is 11.7 Å². The van der Waals surface area contributed by atoms with Crippen molar-refractivity contribution < 1.29 is 19.2 Å². The van der Waals surface area contributed by atoms with E-state index in [0.717, 1.165) is 0 Å². The molecular formula is C17H23ClN4O5. The first kappa shape index (κ1) is 20.9. The minimum absolute atomic E-state index is 0.0282. The van der Waals surface area contributed by atoms with Crippen LogP contribution in [0.4, 0.5) is 5.69 Å². The van der Waals surface area contributed by atoms with E-state index in [1.807, 2.05) is 0 Å². The zero-order valence-corrected chi connectivity index (χ0v) is 15.8. The van der Waals surface area contributed by atoms with Crippen LogP contribution in [0.15, 0.2) is 18.2 Å². The largest absolute Gasteiger partial charge is 0.474 e. The predicted molar refractivity (Wildman–Crippen MR) is 99.6 cm³/mol. The number of benzene rings is 1. The summed E-state index contributed by atoms with van der Waals surface area (Å²) < 4.78 is 5.53. The summed E-state index contributed by atoms with van der Waals surface area (Å²) in [5, 5.41) is 14.1. The monoisotopic (exact) mass is 398 g/mol. The molecule has 1 aromatic rings. The van der Waals surface area contributed by atoms with Crippen molar-refractivity contribution in [3.63, 3.8) is 0 Å². The zero-order chi connectivity index (χ0) is 20.0.